The molecule has 7 nitrogen and oxygen atoms in total. The van der Waals surface area contributed by atoms with E-state index in [1.165, 1.54) is 6.07 Å². The molecular weight excluding hydrogens is 344 g/mol. The van der Waals surface area contributed by atoms with Crippen LogP contribution >= 0.6 is 0 Å². The Morgan fingerprint density at radius 3 is 2.52 bits per heavy atom. The molecule has 0 aliphatic rings. The van der Waals surface area contributed by atoms with Gasteiger partial charge >= 0.3 is 0 Å². The van der Waals surface area contributed by atoms with E-state index >= 15 is 0 Å². The van der Waals surface area contributed by atoms with Crippen LogP contribution in [0.25, 0.3) is 11.3 Å². The first-order chi connectivity index (χ1) is 13.2. The maximum Gasteiger partial charge on any atom is 0.264 e. The maximum atomic E-state index is 11.2. The molecule has 3 aromatic rings. The number of anilines is 2. The molecule has 0 bridgehead atoms. The van der Waals surface area contributed by atoms with Gasteiger partial charge in [0.1, 0.15) is 0 Å². The SMILES string of the molecule is O=c1ccc(-c2ccc(NCc3ccccc3)c(NCC(O)CO)c2)n[nH]1. The minimum Gasteiger partial charge on any atom is -0.394 e. The highest BCUT2D eigenvalue weighted by molar-refractivity contribution is 5.76. The lowest BCUT2D eigenvalue weighted by Gasteiger charge is -2.17. The molecule has 0 saturated heterocycles. The summed E-state index contributed by atoms with van der Waals surface area (Å²) in [4.78, 5) is 11.2. The summed E-state index contributed by atoms with van der Waals surface area (Å²) in [7, 11) is 0. The predicted octanol–water partition coefficient (Wildman–Crippen LogP) is 1.81. The average molecular weight is 366 g/mol. The second-order valence-corrected chi connectivity index (χ2v) is 6.12. The molecule has 0 spiro atoms. The normalized spacial score (nSPS) is 11.8. The molecular formula is C20H22N4O3. The number of hydrogen-bond acceptors (Lipinski definition) is 6. The lowest BCUT2D eigenvalue weighted by Crippen LogP contribution is -2.23. The average Bonchev–Trinajstić information content (AvgIpc) is 2.72. The van der Waals surface area contributed by atoms with E-state index in [-0.39, 0.29) is 18.7 Å². The van der Waals surface area contributed by atoms with Crippen LogP contribution in [0.5, 0.6) is 0 Å². The van der Waals surface area contributed by atoms with Gasteiger partial charge in [-0.2, -0.15) is 5.10 Å². The molecule has 0 aliphatic heterocycles. The lowest BCUT2D eigenvalue weighted by atomic mass is 10.1. The second-order valence-electron chi connectivity index (χ2n) is 6.12. The highest BCUT2D eigenvalue weighted by Gasteiger charge is 2.09. The Balaban J connectivity index is 1.84. The number of benzene rings is 2. The summed E-state index contributed by atoms with van der Waals surface area (Å²) in [6.07, 6.45) is -0.859. The zero-order valence-corrected chi connectivity index (χ0v) is 14.7. The number of nitrogens with one attached hydrogen (secondary N) is 3. The van der Waals surface area contributed by atoms with Gasteiger partial charge in [0.05, 0.1) is 29.8 Å². The second kappa shape index (κ2) is 8.98. The Morgan fingerprint density at radius 2 is 1.81 bits per heavy atom. The summed E-state index contributed by atoms with van der Waals surface area (Å²) >= 11 is 0. The molecule has 140 valence electrons. The van der Waals surface area contributed by atoms with Crippen molar-refractivity contribution in [3.8, 4) is 11.3 Å². The smallest absolute Gasteiger partial charge is 0.264 e. The molecule has 1 atom stereocenters. The van der Waals surface area contributed by atoms with Crippen molar-refractivity contribution in [2.75, 3.05) is 23.8 Å². The molecule has 3 rings (SSSR count). The molecule has 5 N–H and O–H groups in total. The number of nitrogens with zero attached hydrogens (tertiary/aromatic N) is 1. The summed E-state index contributed by atoms with van der Waals surface area (Å²) in [5, 5.41) is 31.7. The summed E-state index contributed by atoms with van der Waals surface area (Å²) in [5.74, 6) is 0. The van der Waals surface area contributed by atoms with E-state index in [2.05, 4.69) is 20.8 Å². The van der Waals surface area contributed by atoms with Crippen molar-refractivity contribution in [1.82, 2.24) is 10.2 Å². The first-order valence-electron chi connectivity index (χ1n) is 8.66. The lowest BCUT2D eigenvalue weighted by molar-refractivity contribution is 0.105. The third kappa shape index (κ3) is 5.16. The van der Waals surface area contributed by atoms with Gasteiger partial charge in [0, 0.05) is 24.7 Å². The summed E-state index contributed by atoms with van der Waals surface area (Å²) in [6.45, 7) is 0.536. The van der Waals surface area contributed by atoms with Gasteiger partial charge in [-0.15, -0.1) is 0 Å². The first-order valence-corrected chi connectivity index (χ1v) is 8.66. The van der Waals surface area contributed by atoms with Crippen LogP contribution in [0.4, 0.5) is 11.4 Å². The fourth-order valence-corrected chi connectivity index (χ4v) is 2.59. The predicted molar refractivity (Wildman–Crippen MR) is 106 cm³/mol. The zero-order chi connectivity index (χ0) is 19.1. The number of aromatic amines is 1. The summed E-state index contributed by atoms with van der Waals surface area (Å²) < 4.78 is 0. The molecule has 0 aliphatic carbocycles. The van der Waals surface area contributed by atoms with Gasteiger partial charge in [0.15, 0.2) is 0 Å². The van der Waals surface area contributed by atoms with Crippen molar-refractivity contribution in [1.29, 1.82) is 0 Å². The van der Waals surface area contributed by atoms with Crippen LogP contribution in [0.2, 0.25) is 0 Å². The largest absolute Gasteiger partial charge is 0.394 e. The molecule has 0 amide bonds. The van der Waals surface area contributed by atoms with Crippen LogP contribution in [-0.2, 0) is 6.54 Å². The molecule has 0 saturated carbocycles. The fraction of sp³-hybridized carbons (Fsp3) is 0.200. The van der Waals surface area contributed by atoms with Crippen LogP contribution < -0.4 is 16.2 Å². The highest BCUT2D eigenvalue weighted by atomic mass is 16.3. The van der Waals surface area contributed by atoms with Crippen molar-refractivity contribution < 1.29 is 10.2 Å². The molecule has 27 heavy (non-hydrogen) atoms. The third-order valence-corrected chi connectivity index (χ3v) is 4.06. The topological polar surface area (TPSA) is 110 Å². The van der Waals surface area contributed by atoms with Crippen molar-refractivity contribution >= 4 is 11.4 Å². The van der Waals surface area contributed by atoms with E-state index in [0.717, 1.165) is 22.5 Å². The van der Waals surface area contributed by atoms with E-state index in [1.807, 2.05) is 48.5 Å². The van der Waals surface area contributed by atoms with Crippen LogP contribution in [-0.4, -0.2) is 39.7 Å². The van der Waals surface area contributed by atoms with Crippen molar-refractivity contribution in [3.63, 3.8) is 0 Å². The van der Waals surface area contributed by atoms with Gasteiger partial charge in [0.25, 0.3) is 5.56 Å². The fourth-order valence-electron chi connectivity index (χ4n) is 2.59. The van der Waals surface area contributed by atoms with Gasteiger partial charge in [-0.1, -0.05) is 36.4 Å². The van der Waals surface area contributed by atoms with E-state index < -0.39 is 6.10 Å². The van der Waals surface area contributed by atoms with Gasteiger partial charge in [-0.05, 0) is 23.8 Å². The maximum absolute atomic E-state index is 11.2. The Bertz CT molecular complexity index is 908. The van der Waals surface area contributed by atoms with Crippen molar-refractivity contribution in [2.24, 2.45) is 0 Å². The molecule has 0 radical (unpaired) electrons. The Hall–Kier alpha value is -3.16. The number of aromatic nitrogens is 2. The highest BCUT2D eigenvalue weighted by Crippen LogP contribution is 2.28. The van der Waals surface area contributed by atoms with Crippen LogP contribution in [0, 0.1) is 0 Å². The molecule has 1 heterocycles. The van der Waals surface area contributed by atoms with E-state index in [9.17, 15) is 9.90 Å². The Labute approximate surface area is 156 Å². The molecule has 2 aromatic carbocycles. The van der Waals surface area contributed by atoms with E-state index in [1.54, 1.807) is 6.07 Å². The van der Waals surface area contributed by atoms with Gasteiger partial charge in [-0.3, -0.25) is 4.79 Å². The number of H-pyrrole nitrogens is 1. The minimum atomic E-state index is -0.859. The number of hydrogen-bond donors (Lipinski definition) is 5. The standard InChI is InChI=1S/C20H22N4O3/c25-13-16(26)12-22-19-10-15(17-8-9-20(27)24-23-17)6-7-18(19)21-11-14-4-2-1-3-5-14/h1-10,16,21-22,25-26H,11-13H2,(H,24,27). The van der Waals surface area contributed by atoms with E-state index in [0.29, 0.717) is 12.2 Å². The monoisotopic (exact) mass is 366 g/mol. The van der Waals surface area contributed by atoms with Gasteiger partial charge < -0.3 is 20.8 Å². The van der Waals surface area contributed by atoms with Crippen LogP contribution in [0.1, 0.15) is 5.56 Å². The van der Waals surface area contributed by atoms with Crippen molar-refractivity contribution in [3.05, 3.63) is 76.6 Å². The molecule has 0 fully saturated rings. The number of aliphatic hydroxyl groups is 2. The van der Waals surface area contributed by atoms with Gasteiger partial charge in [-0.25, -0.2) is 5.10 Å². The third-order valence-electron chi connectivity index (χ3n) is 4.06. The summed E-state index contributed by atoms with van der Waals surface area (Å²) in [5.41, 5.74) is 3.96. The molecule has 7 heteroatoms. The van der Waals surface area contributed by atoms with Crippen molar-refractivity contribution in [2.45, 2.75) is 12.6 Å². The number of aliphatic hydroxyl groups excluding tert-OH is 2. The molecule has 1 unspecified atom stereocenters. The Kier molecular flexibility index (Phi) is 6.19. The quantitative estimate of drug-likeness (QED) is 0.416. The van der Waals surface area contributed by atoms with Gasteiger partial charge in [0.2, 0.25) is 0 Å². The zero-order valence-electron chi connectivity index (χ0n) is 14.7. The summed E-state index contributed by atoms with van der Waals surface area (Å²) in [6, 6.07) is 18.8. The van der Waals surface area contributed by atoms with Crippen LogP contribution in [0.15, 0.2) is 65.5 Å². The van der Waals surface area contributed by atoms with E-state index in [4.69, 9.17) is 5.11 Å². The number of rotatable bonds is 8. The molecule has 1 aromatic heterocycles. The Morgan fingerprint density at radius 1 is 1.00 bits per heavy atom. The van der Waals surface area contributed by atoms with Crippen LogP contribution in [0.3, 0.4) is 0 Å². The minimum absolute atomic E-state index is 0.207. The first kappa shape index (κ1) is 18.6.